The van der Waals surface area contributed by atoms with Gasteiger partial charge in [0.15, 0.2) is 0 Å². The minimum atomic E-state index is -0.0774. The zero-order valence-electron chi connectivity index (χ0n) is 12.7. The molecule has 23 heavy (non-hydrogen) atoms. The van der Waals surface area contributed by atoms with Crippen molar-refractivity contribution in [2.24, 2.45) is 0 Å². The number of hydrogen-bond acceptors (Lipinski definition) is 5. The summed E-state index contributed by atoms with van der Waals surface area (Å²) in [6.45, 7) is 1.97. The molecule has 3 aromatic rings. The summed E-state index contributed by atoms with van der Waals surface area (Å²) in [5.41, 5.74) is 1.96. The first-order valence-corrected chi connectivity index (χ1v) is 9.16. The second kappa shape index (κ2) is 7.48. The fourth-order valence-electron chi connectivity index (χ4n) is 2.21. The van der Waals surface area contributed by atoms with Crippen molar-refractivity contribution in [1.82, 2.24) is 15.3 Å². The topological polar surface area (TPSA) is 54.9 Å². The summed E-state index contributed by atoms with van der Waals surface area (Å²) in [4.78, 5) is 21.9. The third-order valence-corrected chi connectivity index (χ3v) is 5.39. The van der Waals surface area contributed by atoms with Gasteiger partial charge in [-0.25, -0.2) is 4.98 Å². The van der Waals surface area contributed by atoms with Crippen LogP contribution in [-0.2, 0) is 11.2 Å². The fourth-order valence-corrected chi connectivity index (χ4v) is 3.75. The zero-order chi connectivity index (χ0) is 16.1. The van der Waals surface area contributed by atoms with E-state index in [0.717, 1.165) is 22.7 Å². The first kappa shape index (κ1) is 15.8. The number of thiazole rings is 1. The highest BCUT2D eigenvalue weighted by Crippen LogP contribution is 2.25. The van der Waals surface area contributed by atoms with Crippen molar-refractivity contribution in [2.45, 2.75) is 25.8 Å². The molecule has 1 N–H and O–H groups in total. The van der Waals surface area contributed by atoms with Crippen LogP contribution >= 0.6 is 22.7 Å². The number of carbonyl (C=O) groups is 1. The third-order valence-electron chi connectivity index (χ3n) is 3.42. The van der Waals surface area contributed by atoms with Gasteiger partial charge in [-0.1, -0.05) is 6.07 Å². The number of thiophene rings is 1. The van der Waals surface area contributed by atoms with Gasteiger partial charge in [0.1, 0.15) is 5.01 Å². The smallest absolute Gasteiger partial charge is 0.220 e. The summed E-state index contributed by atoms with van der Waals surface area (Å²) in [5.74, 6) is 0.0616. The van der Waals surface area contributed by atoms with Crippen molar-refractivity contribution in [3.05, 3.63) is 57.3 Å². The van der Waals surface area contributed by atoms with Gasteiger partial charge in [-0.05, 0) is 36.9 Å². The normalized spacial score (nSPS) is 12.0. The van der Waals surface area contributed by atoms with Crippen molar-refractivity contribution in [3.63, 3.8) is 0 Å². The number of nitrogens with one attached hydrogen (secondary N) is 1. The van der Waals surface area contributed by atoms with Gasteiger partial charge in [0.25, 0.3) is 0 Å². The van der Waals surface area contributed by atoms with Crippen LogP contribution in [0, 0.1) is 0 Å². The minimum absolute atomic E-state index is 0.0616. The van der Waals surface area contributed by atoms with E-state index >= 15 is 0 Å². The van der Waals surface area contributed by atoms with E-state index in [-0.39, 0.29) is 11.9 Å². The maximum absolute atomic E-state index is 12.1. The van der Waals surface area contributed by atoms with Gasteiger partial charge in [0.05, 0.1) is 11.7 Å². The Kier molecular flexibility index (Phi) is 5.15. The Morgan fingerprint density at radius 3 is 2.83 bits per heavy atom. The molecule has 0 radical (unpaired) electrons. The second-order valence-corrected chi connectivity index (χ2v) is 7.10. The molecular formula is C17H17N3OS2. The van der Waals surface area contributed by atoms with Crippen LogP contribution in [0.2, 0.25) is 0 Å². The van der Waals surface area contributed by atoms with Crippen molar-refractivity contribution in [1.29, 1.82) is 0 Å². The first-order chi connectivity index (χ1) is 11.2. The lowest BCUT2D eigenvalue weighted by molar-refractivity contribution is -0.121. The molecule has 3 rings (SSSR count). The molecule has 3 heterocycles. The molecular weight excluding hydrogens is 326 g/mol. The largest absolute Gasteiger partial charge is 0.347 e. The average molecular weight is 343 g/mol. The van der Waals surface area contributed by atoms with Crippen LogP contribution in [0.5, 0.6) is 0 Å². The Labute approximate surface area is 143 Å². The summed E-state index contributed by atoms with van der Waals surface area (Å²) in [6, 6.07) is 7.86. The lowest BCUT2D eigenvalue weighted by Gasteiger charge is -2.10. The van der Waals surface area contributed by atoms with Gasteiger partial charge < -0.3 is 5.32 Å². The lowest BCUT2D eigenvalue weighted by Crippen LogP contribution is -2.26. The van der Waals surface area contributed by atoms with E-state index in [4.69, 9.17) is 0 Å². The predicted molar refractivity (Wildman–Crippen MR) is 94.5 cm³/mol. The number of aryl methyl sites for hydroxylation is 1. The second-order valence-electron chi connectivity index (χ2n) is 5.18. The molecule has 4 nitrogen and oxygen atoms in total. The first-order valence-electron chi connectivity index (χ1n) is 7.40. The van der Waals surface area contributed by atoms with Gasteiger partial charge in [-0.2, -0.15) is 0 Å². The van der Waals surface area contributed by atoms with Crippen LogP contribution in [0.25, 0.3) is 11.3 Å². The van der Waals surface area contributed by atoms with E-state index in [1.165, 1.54) is 4.88 Å². The van der Waals surface area contributed by atoms with E-state index < -0.39 is 0 Å². The third kappa shape index (κ3) is 4.24. The van der Waals surface area contributed by atoms with Crippen molar-refractivity contribution in [2.75, 3.05) is 0 Å². The lowest BCUT2D eigenvalue weighted by atomic mass is 10.2. The minimum Gasteiger partial charge on any atom is -0.347 e. The number of aromatic nitrogens is 2. The standard InChI is InChI=1S/C17H17N3OS2/c1-12(19-16(21)5-4-14-3-2-10-22-14)17-20-15(11-23-17)13-6-8-18-9-7-13/h2-3,6-12H,4-5H2,1H3,(H,19,21). The Balaban J connectivity index is 1.57. The predicted octanol–water partition coefficient (Wildman–Crippen LogP) is 4.08. The van der Waals surface area contributed by atoms with Crippen molar-refractivity contribution < 1.29 is 4.79 Å². The molecule has 0 aliphatic carbocycles. The highest BCUT2D eigenvalue weighted by molar-refractivity contribution is 7.10. The van der Waals surface area contributed by atoms with E-state index in [1.807, 2.05) is 35.9 Å². The van der Waals surface area contributed by atoms with Gasteiger partial charge >= 0.3 is 0 Å². The van der Waals surface area contributed by atoms with E-state index in [1.54, 1.807) is 35.1 Å². The highest BCUT2D eigenvalue weighted by Gasteiger charge is 2.14. The summed E-state index contributed by atoms with van der Waals surface area (Å²) < 4.78 is 0. The van der Waals surface area contributed by atoms with Gasteiger partial charge in [-0.3, -0.25) is 9.78 Å². The molecule has 0 aliphatic heterocycles. The Hall–Kier alpha value is -2.05. The monoisotopic (exact) mass is 343 g/mol. The van der Waals surface area contributed by atoms with Crippen molar-refractivity contribution >= 4 is 28.6 Å². The van der Waals surface area contributed by atoms with Gasteiger partial charge in [0, 0.05) is 34.6 Å². The van der Waals surface area contributed by atoms with Crippen LogP contribution in [0.1, 0.15) is 29.3 Å². The average Bonchev–Trinajstić information content (AvgIpc) is 3.25. The molecule has 0 aliphatic rings. The molecule has 1 unspecified atom stereocenters. The quantitative estimate of drug-likeness (QED) is 0.734. The van der Waals surface area contributed by atoms with Crippen LogP contribution < -0.4 is 5.32 Å². The molecule has 0 aromatic carbocycles. The van der Waals surface area contributed by atoms with Gasteiger partial charge in [0.2, 0.25) is 5.91 Å². The summed E-state index contributed by atoms with van der Waals surface area (Å²) >= 11 is 3.25. The number of pyridine rings is 1. The number of nitrogens with zero attached hydrogens (tertiary/aromatic N) is 2. The number of hydrogen-bond donors (Lipinski definition) is 1. The summed E-state index contributed by atoms with van der Waals surface area (Å²) in [7, 11) is 0. The fraction of sp³-hybridized carbons (Fsp3) is 0.235. The van der Waals surface area contributed by atoms with E-state index in [0.29, 0.717) is 6.42 Å². The Bertz CT molecular complexity index is 753. The van der Waals surface area contributed by atoms with Crippen LogP contribution in [0.4, 0.5) is 0 Å². The van der Waals surface area contributed by atoms with Crippen LogP contribution in [-0.4, -0.2) is 15.9 Å². The molecule has 0 bridgehead atoms. The Morgan fingerprint density at radius 1 is 1.26 bits per heavy atom. The molecule has 0 spiro atoms. The maximum atomic E-state index is 12.1. The SMILES string of the molecule is CC(NC(=O)CCc1cccs1)c1nc(-c2ccncc2)cs1. The zero-order valence-corrected chi connectivity index (χ0v) is 14.4. The summed E-state index contributed by atoms with van der Waals surface area (Å²) in [6.07, 6.45) is 4.80. The molecule has 1 atom stereocenters. The highest BCUT2D eigenvalue weighted by atomic mass is 32.1. The summed E-state index contributed by atoms with van der Waals surface area (Å²) in [5, 5.41) is 7.99. The van der Waals surface area contributed by atoms with E-state index in [9.17, 15) is 4.79 Å². The molecule has 0 saturated carbocycles. The van der Waals surface area contributed by atoms with Crippen LogP contribution in [0.3, 0.4) is 0 Å². The maximum Gasteiger partial charge on any atom is 0.220 e. The molecule has 3 aromatic heterocycles. The number of amides is 1. The van der Waals surface area contributed by atoms with Crippen LogP contribution in [0.15, 0.2) is 47.4 Å². The molecule has 0 saturated heterocycles. The van der Waals surface area contributed by atoms with Gasteiger partial charge in [-0.15, -0.1) is 22.7 Å². The Morgan fingerprint density at radius 2 is 2.09 bits per heavy atom. The van der Waals surface area contributed by atoms with E-state index in [2.05, 4.69) is 21.4 Å². The molecule has 1 amide bonds. The number of rotatable bonds is 6. The molecule has 0 fully saturated rings. The number of carbonyl (C=O) groups excluding carboxylic acids is 1. The molecule has 118 valence electrons. The van der Waals surface area contributed by atoms with Crippen molar-refractivity contribution in [3.8, 4) is 11.3 Å². The molecule has 6 heteroatoms.